The quantitative estimate of drug-likeness (QED) is 0.0963. The van der Waals surface area contributed by atoms with Gasteiger partial charge in [-0.3, -0.25) is 0 Å². The number of hydrogen-bond acceptors (Lipinski definition) is 10. The number of aromatic amines is 4. The van der Waals surface area contributed by atoms with Crippen LogP contribution in [0.2, 0.25) is 0 Å². The third kappa shape index (κ3) is 9.73. The van der Waals surface area contributed by atoms with Gasteiger partial charge in [0.2, 0.25) is 0 Å². The summed E-state index contributed by atoms with van der Waals surface area (Å²) in [4.78, 5) is 31.9. The molecule has 4 aliphatic rings. The molecule has 17 heteroatoms. The van der Waals surface area contributed by atoms with Crippen molar-refractivity contribution >= 4 is 113 Å². The van der Waals surface area contributed by atoms with E-state index in [0.29, 0.717) is 0 Å². The van der Waals surface area contributed by atoms with Gasteiger partial charge in [0.15, 0.2) is 0 Å². The van der Waals surface area contributed by atoms with Crippen LogP contribution >= 0.6 is 0 Å². The molecular weight excluding hydrogens is 960 g/mol. The van der Waals surface area contributed by atoms with E-state index in [-0.39, 0.29) is 26.9 Å². The number of nitrogens with zero attached hydrogens (tertiary/aromatic N) is 4. The average molecular weight is 995 g/mol. The molecule has 0 atom stereocenters. The Balaban J connectivity index is 0.000000158. The second kappa shape index (κ2) is 17.9. The van der Waals surface area contributed by atoms with Crippen LogP contribution < -0.4 is 0 Å². The molecule has 16 bridgehead atoms. The number of fused-ring (bicyclic) bond motifs is 16. The molecule has 2 aromatic carbocycles. The molecule has 341 valence electrons. The van der Waals surface area contributed by atoms with Crippen molar-refractivity contribution in [2.45, 2.75) is 9.79 Å². The van der Waals surface area contributed by atoms with Crippen LogP contribution in [0.3, 0.4) is 0 Å². The molecule has 0 spiro atoms. The molecule has 0 aliphatic carbocycles. The minimum atomic E-state index is -4.53. The van der Waals surface area contributed by atoms with Gasteiger partial charge in [-0.1, -0.05) is 24.3 Å². The first-order valence-electron chi connectivity index (χ1n) is 21.1. The average Bonchev–Trinajstić information content (AvgIpc) is 4.16. The Morgan fingerprint density at radius 2 is 0.609 bits per heavy atom. The zero-order chi connectivity index (χ0) is 46.6. The summed E-state index contributed by atoms with van der Waals surface area (Å²) < 4.78 is 68.3. The fourth-order valence-electron chi connectivity index (χ4n) is 8.20. The Morgan fingerprint density at radius 3 is 0.928 bits per heavy atom. The SMILES string of the molecule is O=S(=O)([O-])c1ccc(-c2c3nc(cc4ccc(cc5nc(cc6ccc2[nH]6)C=C5)[nH]4)C=C3)cc1.O=S(=O)([O-])c1ccc(-c2c3nc(cc4ccc(cc5nc(cc6ccc2[nH]6)C=C5)[nH]4)C=C3)cc1.[Cu+2]. The first kappa shape index (κ1) is 44.8. The topological polar surface area (TPSA) is 229 Å². The van der Waals surface area contributed by atoms with Crippen molar-refractivity contribution in [1.82, 2.24) is 39.9 Å². The number of H-pyrrole nitrogens is 4. The smallest absolute Gasteiger partial charge is 0.744 e. The van der Waals surface area contributed by atoms with E-state index in [2.05, 4.69) is 29.9 Å². The number of rotatable bonds is 4. The number of aromatic nitrogens is 8. The molecule has 0 saturated carbocycles. The van der Waals surface area contributed by atoms with Crippen LogP contribution in [0.5, 0.6) is 0 Å². The Kier molecular flexibility index (Phi) is 11.6. The molecule has 10 heterocycles. The molecule has 4 N–H and O–H groups in total. The Bertz CT molecular complexity index is 3830. The van der Waals surface area contributed by atoms with Gasteiger partial charge in [-0.25, -0.2) is 36.8 Å². The van der Waals surface area contributed by atoms with Crippen molar-refractivity contribution in [1.29, 1.82) is 0 Å². The summed E-state index contributed by atoms with van der Waals surface area (Å²) in [6.45, 7) is 0. The van der Waals surface area contributed by atoms with Crippen LogP contribution in [0.15, 0.2) is 143 Å². The first-order chi connectivity index (χ1) is 32.8. The van der Waals surface area contributed by atoms with Gasteiger partial charge in [0.25, 0.3) is 0 Å². The van der Waals surface area contributed by atoms with Crippen LogP contribution in [0, 0.1) is 0 Å². The maximum atomic E-state index is 11.4. The van der Waals surface area contributed by atoms with E-state index >= 15 is 0 Å². The van der Waals surface area contributed by atoms with Gasteiger partial charge >= 0.3 is 17.1 Å². The van der Waals surface area contributed by atoms with Crippen molar-refractivity contribution in [2.24, 2.45) is 0 Å². The predicted octanol–water partition coefficient (Wildman–Crippen LogP) is 10.5. The molecule has 0 unspecified atom stereocenters. The van der Waals surface area contributed by atoms with E-state index in [0.717, 1.165) is 112 Å². The molecule has 0 fully saturated rings. The molecule has 1 radical (unpaired) electrons. The third-order valence-electron chi connectivity index (χ3n) is 11.3. The maximum absolute atomic E-state index is 11.4. The molecule has 14 nitrogen and oxygen atoms in total. The largest absolute Gasteiger partial charge is 2.00 e. The van der Waals surface area contributed by atoms with Gasteiger partial charge in [-0.2, -0.15) is 0 Å². The Morgan fingerprint density at radius 1 is 0.333 bits per heavy atom. The fourth-order valence-corrected chi connectivity index (χ4v) is 9.14. The van der Waals surface area contributed by atoms with E-state index in [1.54, 1.807) is 24.3 Å². The van der Waals surface area contributed by atoms with Gasteiger partial charge in [0.1, 0.15) is 20.2 Å². The summed E-state index contributed by atoms with van der Waals surface area (Å²) in [7, 11) is -9.06. The Labute approximate surface area is 404 Å². The molecule has 4 aliphatic heterocycles. The second-order valence-corrected chi connectivity index (χ2v) is 18.8. The van der Waals surface area contributed by atoms with Crippen molar-refractivity contribution in [3.8, 4) is 22.3 Å². The third-order valence-corrected chi connectivity index (χ3v) is 13.0. The molecular formula is C52H34CuN8O6S2. The molecule has 12 rings (SSSR count). The minimum absolute atomic E-state index is 0. The predicted molar refractivity (Wildman–Crippen MR) is 265 cm³/mol. The van der Waals surface area contributed by atoms with Crippen molar-refractivity contribution in [3.63, 3.8) is 0 Å². The molecule has 6 aromatic heterocycles. The summed E-state index contributed by atoms with van der Waals surface area (Å²) in [5.41, 5.74) is 16.4. The Hall–Kier alpha value is -8.02. The molecule has 69 heavy (non-hydrogen) atoms. The van der Waals surface area contributed by atoms with Crippen LogP contribution in [-0.4, -0.2) is 65.8 Å². The van der Waals surface area contributed by atoms with Gasteiger partial charge in [-0.15, -0.1) is 0 Å². The van der Waals surface area contributed by atoms with Crippen LogP contribution in [0.4, 0.5) is 0 Å². The van der Waals surface area contributed by atoms with Crippen molar-refractivity contribution in [3.05, 3.63) is 179 Å². The normalized spacial score (nSPS) is 12.7. The van der Waals surface area contributed by atoms with Crippen molar-refractivity contribution < 1.29 is 43.0 Å². The van der Waals surface area contributed by atoms with Crippen LogP contribution in [-0.2, 0) is 37.3 Å². The van der Waals surface area contributed by atoms with Crippen LogP contribution in [0.25, 0.3) is 115 Å². The van der Waals surface area contributed by atoms with E-state index in [9.17, 15) is 25.9 Å². The maximum Gasteiger partial charge on any atom is 2.00 e. The summed E-state index contributed by atoms with van der Waals surface area (Å²) in [6.07, 6.45) is 15.5. The summed E-state index contributed by atoms with van der Waals surface area (Å²) in [6, 6.07) is 39.3. The standard InChI is InChI=1S/2C26H18N4O3S.Cu/c2*31-34(32,33)23-9-1-16(2-10-23)26-24-11-7-21(29-24)14-19-5-3-17(27-19)13-18-4-6-20(28-18)15-22-8-12-25(26)30-22;/h2*1-15,27,30H,(H,31,32,33);/q;;+2/p-2. The van der Waals surface area contributed by atoms with Crippen LogP contribution in [0.1, 0.15) is 45.6 Å². The summed E-state index contributed by atoms with van der Waals surface area (Å²) in [5, 5.41) is 0. The number of hydrogen-bond donors (Lipinski definition) is 4. The molecule has 0 saturated heterocycles. The molecule has 8 aromatic rings. The monoisotopic (exact) mass is 993 g/mol. The number of nitrogens with one attached hydrogen (secondary N) is 4. The zero-order valence-corrected chi connectivity index (χ0v) is 38.3. The first-order valence-corrected chi connectivity index (χ1v) is 23.9. The van der Waals surface area contributed by atoms with E-state index in [4.69, 9.17) is 9.97 Å². The van der Waals surface area contributed by atoms with E-state index < -0.39 is 20.2 Å². The van der Waals surface area contributed by atoms with Gasteiger partial charge in [-0.05, 0) is 169 Å². The zero-order valence-electron chi connectivity index (χ0n) is 35.7. The minimum Gasteiger partial charge on any atom is -0.744 e. The summed E-state index contributed by atoms with van der Waals surface area (Å²) in [5.74, 6) is 0. The van der Waals surface area contributed by atoms with Crippen molar-refractivity contribution in [2.75, 3.05) is 0 Å². The molecule has 0 amide bonds. The van der Waals surface area contributed by atoms with E-state index in [1.165, 1.54) is 24.3 Å². The number of benzene rings is 2. The van der Waals surface area contributed by atoms with E-state index in [1.807, 2.05) is 134 Å². The van der Waals surface area contributed by atoms with Gasteiger partial charge in [0, 0.05) is 55.3 Å². The fraction of sp³-hybridized carbons (Fsp3) is 0. The van der Waals surface area contributed by atoms with Gasteiger partial charge in [0.05, 0.1) is 55.3 Å². The summed E-state index contributed by atoms with van der Waals surface area (Å²) >= 11 is 0. The second-order valence-electron chi connectivity index (χ2n) is 16.1. The van der Waals surface area contributed by atoms with Gasteiger partial charge < -0.3 is 29.0 Å².